The average Bonchev–Trinajstić information content (AvgIpc) is 2.72. The number of carbonyl (C=O) groups excluding carboxylic acids is 1. The van der Waals surface area contributed by atoms with Crippen LogP contribution in [0.3, 0.4) is 0 Å². The van der Waals surface area contributed by atoms with Crippen LogP contribution in [0.5, 0.6) is 0 Å². The maximum atomic E-state index is 12.4. The zero-order valence-corrected chi connectivity index (χ0v) is 12.1. The lowest BCUT2D eigenvalue weighted by Gasteiger charge is -2.20. The molecule has 2 aromatic heterocycles. The van der Waals surface area contributed by atoms with Crippen LogP contribution >= 0.6 is 0 Å². The number of aliphatic hydroxyl groups excluding tert-OH is 1. The topological polar surface area (TPSA) is 71.2 Å². The molecule has 0 aromatic carbocycles. The summed E-state index contributed by atoms with van der Waals surface area (Å²) in [6.07, 6.45) is 2.43. The zero-order valence-electron chi connectivity index (χ0n) is 12.1. The second-order valence-corrected chi connectivity index (χ2v) is 4.82. The Bertz CT molecular complexity index is 615. The van der Waals surface area contributed by atoms with E-state index in [1.54, 1.807) is 15.8 Å². The fourth-order valence-electron chi connectivity index (χ4n) is 2.31. The van der Waals surface area contributed by atoms with Gasteiger partial charge in [0.2, 0.25) is 0 Å². The molecule has 2 rings (SSSR count). The van der Waals surface area contributed by atoms with Crippen molar-refractivity contribution in [2.45, 2.75) is 20.3 Å². The number of hydrogen-bond acceptors (Lipinski definition) is 4. The number of amides is 1. The maximum absolute atomic E-state index is 12.4. The molecule has 2 heterocycles. The van der Waals surface area contributed by atoms with Gasteiger partial charge in [-0.1, -0.05) is 6.92 Å². The quantitative estimate of drug-likeness (QED) is 0.888. The summed E-state index contributed by atoms with van der Waals surface area (Å²) in [6.45, 7) is 4.84. The number of carbonyl (C=O) groups is 1. The Morgan fingerprint density at radius 3 is 2.85 bits per heavy atom. The van der Waals surface area contributed by atoms with E-state index in [-0.39, 0.29) is 12.5 Å². The van der Waals surface area contributed by atoms with Crippen LogP contribution < -0.4 is 0 Å². The van der Waals surface area contributed by atoms with Crippen molar-refractivity contribution in [2.24, 2.45) is 7.05 Å². The molecule has 2 aromatic rings. The Labute approximate surface area is 118 Å². The van der Waals surface area contributed by atoms with Crippen LogP contribution in [0.1, 0.15) is 29.4 Å². The summed E-state index contributed by atoms with van der Waals surface area (Å²) in [7, 11) is 1.83. The summed E-state index contributed by atoms with van der Waals surface area (Å²) in [5, 5.41) is 14.2. The van der Waals surface area contributed by atoms with Gasteiger partial charge in [0.05, 0.1) is 17.9 Å². The number of fused-ring (bicyclic) bond motifs is 1. The van der Waals surface area contributed by atoms with E-state index in [1.807, 2.05) is 27.0 Å². The predicted molar refractivity (Wildman–Crippen MR) is 76.5 cm³/mol. The van der Waals surface area contributed by atoms with E-state index in [0.717, 1.165) is 23.1 Å². The number of aryl methyl sites for hydroxylation is 2. The van der Waals surface area contributed by atoms with E-state index in [9.17, 15) is 4.79 Å². The SMILES string of the molecule is CCCN(CCO)C(=O)c1cnc2c(c1)c(C)nn2C. The van der Waals surface area contributed by atoms with Crippen molar-refractivity contribution in [3.63, 3.8) is 0 Å². The highest BCUT2D eigenvalue weighted by atomic mass is 16.3. The number of pyridine rings is 1. The highest BCUT2D eigenvalue weighted by Gasteiger charge is 2.17. The molecule has 0 aliphatic heterocycles. The van der Waals surface area contributed by atoms with Crippen molar-refractivity contribution >= 4 is 16.9 Å². The Kier molecular flexibility index (Phi) is 4.34. The van der Waals surface area contributed by atoms with Crippen molar-refractivity contribution in [1.29, 1.82) is 0 Å². The Morgan fingerprint density at radius 2 is 2.20 bits per heavy atom. The normalized spacial score (nSPS) is 11.0. The number of aliphatic hydroxyl groups is 1. The van der Waals surface area contributed by atoms with Gasteiger partial charge in [-0.2, -0.15) is 5.10 Å². The first kappa shape index (κ1) is 14.5. The van der Waals surface area contributed by atoms with Gasteiger partial charge in [-0.15, -0.1) is 0 Å². The van der Waals surface area contributed by atoms with E-state index < -0.39 is 0 Å². The van der Waals surface area contributed by atoms with Gasteiger partial charge in [0.15, 0.2) is 5.65 Å². The fraction of sp³-hybridized carbons (Fsp3) is 0.500. The standard InChI is InChI=1S/C14H20N4O2/c1-4-5-18(6-7-19)14(20)11-8-12-10(2)16-17(3)13(12)15-9-11/h8-9,19H,4-7H2,1-3H3. The molecule has 6 nitrogen and oxygen atoms in total. The van der Waals surface area contributed by atoms with Crippen LogP contribution in [0.4, 0.5) is 0 Å². The largest absolute Gasteiger partial charge is 0.395 e. The highest BCUT2D eigenvalue weighted by Crippen LogP contribution is 2.17. The summed E-state index contributed by atoms with van der Waals surface area (Å²) in [5.41, 5.74) is 2.16. The number of hydrogen-bond donors (Lipinski definition) is 1. The summed E-state index contributed by atoms with van der Waals surface area (Å²) >= 11 is 0. The van der Waals surface area contributed by atoms with Crippen molar-refractivity contribution in [3.8, 4) is 0 Å². The first-order valence-corrected chi connectivity index (χ1v) is 6.78. The van der Waals surface area contributed by atoms with Crippen LogP contribution in [0.2, 0.25) is 0 Å². The molecule has 6 heteroatoms. The molecule has 1 amide bonds. The van der Waals surface area contributed by atoms with Gasteiger partial charge in [-0.05, 0) is 19.4 Å². The van der Waals surface area contributed by atoms with Gasteiger partial charge in [0.25, 0.3) is 5.91 Å². The summed E-state index contributed by atoms with van der Waals surface area (Å²) < 4.78 is 1.70. The van der Waals surface area contributed by atoms with E-state index in [4.69, 9.17) is 5.11 Å². The van der Waals surface area contributed by atoms with Crippen LogP contribution in [0, 0.1) is 6.92 Å². The monoisotopic (exact) mass is 276 g/mol. The van der Waals surface area contributed by atoms with Gasteiger partial charge in [0, 0.05) is 31.7 Å². The van der Waals surface area contributed by atoms with Crippen molar-refractivity contribution in [3.05, 3.63) is 23.5 Å². The number of aromatic nitrogens is 3. The third-order valence-corrected chi connectivity index (χ3v) is 3.26. The van der Waals surface area contributed by atoms with E-state index >= 15 is 0 Å². The first-order valence-electron chi connectivity index (χ1n) is 6.78. The molecule has 0 bridgehead atoms. The second-order valence-electron chi connectivity index (χ2n) is 4.82. The Morgan fingerprint density at radius 1 is 1.45 bits per heavy atom. The summed E-state index contributed by atoms with van der Waals surface area (Å²) in [5.74, 6) is -0.0986. The van der Waals surface area contributed by atoms with Crippen LogP contribution in [-0.2, 0) is 7.05 Å². The second kappa shape index (κ2) is 6.00. The lowest BCUT2D eigenvalue weighted by Crippen LogP contribution is -2.34. The number of rotatable bonds is 5. The minimum Gasteiger partial charge on any atom is -0.395 e. The molecular weight excluding hydrogens is 256 g/mol. The highest BCUT2D eigenvalue weighted by molar-refractivity contribution is 5.97. The minimum absolute atomic E-state index is 0.0344. The predicted octanol–water partition coefficient (Wildman–Crippen LogP) is 1.12. The van der Waals surface area contributed by atoms with Gasteiger partial charge < -0.3 is 10.0 Å². The molecule has 0 radical (unpaired) electrons. The Balaban J connectivity index is 2.36. The lowest BCUT2D eigenvalue weighted by molar-refractivity contribution is 0.0721. The van der Waals surface area contributed by atoms with Gasteiger partial charge in [-0.3, -0.25) is 9.48 Å². The van der Waals surface area contributed by atoms with Gasteiger partial charge >= 0.3 is 0 Å². The third-order valence-electron chi connectivity index (χ3n) is 3.26. The van der Waals surface area contributed by atoms with E-state index in [2.05, 4.69) is 10.1 Å². The molecule has 0 aliphatic carbocycles. The summed E-state index contributed by atoms with van der Waals surface area (Å²) in [6, 6.07) is 1.83. The van der Waals surface area contributed by atoms with Crippen molar-refractivity contribution in [2.75, 3.05) is 19.7 Å². The van der Waals surface area contributed by atoms with Crippen LogP contribution in [0.25, 0.3) is 11.0 Å². The van der Waals surface area contributed by atoms with Crippen molar-refractivity contribution < 1.29 is 9.90 Å². The molecule has 0 aliphatic rings. The van der Waals surface area contributed by atoms with Crippen LogP contribution in [-0.4, -0.2) is 50.4 Å². The van der Waals surface area contributed by atoms with E-state index in [1.165, 1.54) is 0 Å². The maximum Gasteiger partial charge on any atom is 0.255 e. The molecule has 0 saturated heterocycles. The van der Waals surface area contributed by atoms with Crippen LogP contribution in [0.15, 0.2) is 12.3 Å². The molecule has 0 atom stereocenters. The lowest BCUT2D eigenvalue weighted by atomic mass is 10.2. The van der Waals surface area contributed by atoms with Crippen molar-refractivity contribution in [1.82, 2.24) is 19.7 Å². The molecule has 1 N–H and O–H groups in total. The molecule has 0 spiro atoms. The third kappa shape index (κ3) is 2.65. The summed E-state index contributed by atoms with van der Waals surface area (Å²) in [4.78, 5) is 18.4. The number of nitrogens with zero attached hydrogens (tertiary/aromatic N) is 4. The van der Waals surface area contributed by atoms with Gasteiger partial charge in [-0.25, -0.2) is 4.98 Å². The Hall–Kier alpha value is -1.95. The molecular formula is C14H20N4O2. The molecule has 0 fully saturated rings. The molecule has 0 saturated carbocycles. The minimum atomic E-state index is -0.0986. The molecule has 108 valence electrons. The zero-order chi connectivity index (χ0) is 14.7. The first-order chi connectivity index (χ1) is 9.58. The average molecular weight is 276 g/mol. The smallest absolute Gasteiger partial charge is 0.255 e. The molecule has 20 heavy (non-hydrogen) atoms. The molecule has 0 unspecified atom stereocenters. The van der Waals surface area contributed by atoms with E-state index in [0.29, 0.717) is 18.7 Å². The fourth-order valence-corrected chi connectivity index (χ4v) is 2.31. The van der Waals surface area contributed by atoms with Gasteiger partial charge in [0.1, 0.15) is 0 Å².